The summed E-state index contributed by atoms with van der Waals surface area (Å²) in [5.74, 6) is -0.0485. The predicted octanol–water partition coefficient (Wildman–Crippen LogP) is 0.998. The van der Waals surface area contributed by atoms with Crippen molar-refractivity contribution in [2.24, 2.45) is 0 Å². The molecule has 1 saturated heterocycles. The first-order chi connectivity index (χ1) is 12.2. The number of aromatic nitrogens is 2. The minimum Gasteiger partial charge on any atom is -0.365 e. The summed E-state index contributed by atoms with van der Waals surface area (Å²) >= 11 is 0. The van der Waals surface area contributed by atoms with E-state index in [4.69, 9.17) is 4.74 Å². The normalized spacial score (nSPS) is 17.0. The molecule has 25 heavy (non-hydrogen) atoms. The Hall–Kier alpha value is -3.00. The van der Waals surface area contributed by atoms with Crippen molar-refractivity contribution in [3.8, 4) is 0 Å². The lowest BCUT2D eigenvalue weighted by Gasteiger charge is -2.32. The van der Waals surface area contributed by atoms with E-state index >= 15 is 0 Å². The van der Waals surface area contributed by atoms with Gasteiger partial charge in [0.2, 0.25) is 5.95 Å². The van der Waals surface area contributed by atoms with Crippen molar-refractivity contribution < 1.29 is 14.3 Å². The van der Waals surface area contributed by atoms with E-state index in [1.54, 1.807) is 24.1 Å². The van der Waals surface area contributed by atoms with E-state index in [-0.39, 0.29) is 18.4 Å². The zero-order chi connectivity index (χ0) is 17.6. The van der Waals surface area contributed by atoms with Crippen LogP contribution in [-0.2, 0) is 9.53 Å². The minimum absolute atomic E-state index is 0.186. The van der Waals surface area contributed by atoms with Crippen LogP contribution in [0.2, 0.25) is 0 Å². The standard InChI is InChI=1S/C17H19N5O3/c1-18-17-19-9-12(10-20-17)16(24)22-7-8-25-14(11-22)15(23)21-13-5-3-2-4-6-13/h2-6,9-10,14H,7-8,11H2,1H3,(H,21,23)(H,18,19,20)/t14-/m0/s1. The van der Waals surface area contributed by atoms with E-state index in [2.05, 4.69) is 20.6 Å². The molecule has 1 aromatic heterocycles. The third-order valence-corrected chi connectivity index (χ3v) is 3.81. The quantitative estimate of drug-likeness (QED) is 0.861. The Morgan fingerprint density at radius 2 is 1.92 bits per heavy atom. The summed E-state index contributed by atoms with van der Waals surface area (Å²) in [5.41, 5.74) is 1.07. The van der Waals surface area contributed by atoms with Crippen LogP contribution in [0.25, 0.3) is 0 Å². The Morgan fingerprint density at radius 3 is 2.60 bits per heavy atom. The maximum Gasteiger partial charge on any atom is 0.257 e. The number of amides is 2. The third kappa shape index (κ3) is 4.10. The monoisotopic (exact) mass is 341 g/mol. The largest absolute Gasteiger partial charge is 0.365 e. The van der Waals surface area contributed by atoms with Crippen LogP contribution >= 0.6 is 0 Å². The van der Waals surface area contributed by atoms with Crippen LogP contribution in [0.3, 0.4) is 0 Å². The van der Waals surface area contributed by atoms with Crippen LogP contribution < -0.4 is 10.6 Å². The number of nitrogens with one attached hydrogen (secondary N) is 2. The summed E-state index contributed by atoms with van der Waals surface area (Å²) in [5, 5.41) is 5.59. The van der Waals surface area contributed by atoms with Crippen molar-refractivity contribution in [1.29, 1.82) is 0 Å². The number of hydrogen-bond donors (Lipinski definition) is 2. The number of para-hydroxylation sites is 1. The fraction of sp³-hybridized carbons (Fsp3) is 0.294. The number of carbonyl (C=O) groups is 2. The van der Waals surface area contributed by atoms with Gasteiger partial charge in [-0.05, 0) is 12.1 Å². The number of ether oxygens (including phenoxy) is 1. The van der Waals surface area contributed by atoms with Crippen LogP contribution in [0.4, 0.5) is 11.6 Å². The van der Waals surface area contributed by atoms with Gasteiger partial charge >= 0.3 is 0 Å². The maximum absolute atomic E-state index is 12.6. The van der Waals surface area contributed by atoms with Crippen LogP contribution in [0, 0.1) is 0 Å². The molecule has 0 unspecified atom stereocenters. The maximum atomic E-state index is 12.6. The van der Waals surface area contributed by atoms with Crippen LogP contribution in [-0.4, -0.2) is 59.5 Å². The fourth-order valence-electron chi connectivity index (χ4n) is 2.49. The first-order valence-electron chi connectivity index (χ1n) is 7.94. The van der Waals surface area contributed by atoms with Crippen molar-refractivity contribution in [2.75, 3.05) is 37.4 Å². The Kier molecular flexibility index (Phi) is 5.20. The molecule has 1 aliphatic rings. The lowest BCUT2D eigenvalue weighted by atomic mass is 10.2. The summed E-state index contributed by atoms with van der Waals surface area (Å²) in [6.07, 6.45) is 2.22. The molecule has 2 amide bonds. The molecule has 130 valence electrons. The van der Waals surface area contributed by atoms with Crippen LogP contribution in [0.15, 0.2) is 42.7 Å². The molecule has 0 bridgehead atoms. The lowest BCUT2D eigenvalue weighted by molar-refractivity contribution is -0.131. The molecule has 2 N–H and O–H groups in total. The van der Waals surface area contributed by atoms with E-state index in [1.807, 2.05) is 18.2 Å². The Labute approximate surface area is 145 Å². The number of rotatable bonds is 4. The van der Waals surface area contributed by atoms with Gasteiger partial charge in [0.05, 0.1) is 18.7 Å². The molecule has 8 nitrogen and oxygen atoms in total. The Morgan fingerprint density at radius 1 is 1.20 bits per heavy atom. The molecule has 2 aromatic rings. The number of hydrogen-bond acceptors (Lipinski definition) is 6. The number of morpholine rings is 1. The molecular formula is C17H19N5O3. The van der Waals surface area contributed by atoms with Gasteiger partial charge in [-0.1, -0.05) is 18.2 Å². The van der Waals surface area contributed by atoms with Crippen LogP contribution in [0.5, 0.6) is 0 Å². The lowest BCUT2D eigenvalue weighted by Crippen LogP contribution is -2.50. The molecule has 1 aromatic carbocycles. The van der Waals surface area contributed by atoms with Crippen molar-refractivity contribution in [3.05, 3.63) is 48.3 Å². The minimum atomic E-state index is -0.713. The first kappa shape index (κ1) is 16.8. The van der Waals surface area contributed by atoms with Gasteiger partial charge in [0.15, 0.2) is 6.10 Å². The molecule has 0 saturated carbocycles. The highest BCUT2D eigenvalue weighted by Crippen LogP contribution is 2.13. The second-order valence-corrected chi connectivity index (χ2v) is 5.51. The SMILES string of the molecule is CNc1ncc(C(=O)N2CCO[C@H](C(=O)Nc3ccccc3)C2)cn1. The van der Waals surface area contributed by atoms with Crippen molar-refractivity contribution in [2.45, 2.75) is 6.10 Å². The zero-order valence-electron chi connectivity index (χ0n) is 13.8. The Balaban J connectivity index is 1.63. The molecule has 1 aliphatic heterocycles. The third-order valence-electron chi connectivity index (χ3n) is 3.81. The molecular weight excluding hydrogens is 322 g/mol. The number of anilines is 2. The van der Waals surface area contributed by atoms with Gasteiger partial charge in [-0.25, -0.2) is 9.97 Å². The zero-order valence-corrected chi connectivity index (χ0v) is 13.8. The van der Waals surface area contributed by atoms with Crippen LogP contribution in [0.1, 0.15) is 10.4 Å². The van der Waals surface area contributed by atoms with Gasteiger partial charge < -0.3 is 20.3 Å². The molecule has 0 aliphatic carbocycles. The molecule has 1 fully saturated rings. The van der Waals surface area contributed by atoms with E-state index in [1.165, 1.54) is 12.4 Å². The second kappa shape index (κ2) is 7.71. The fourth-order valence-corrected chi connectivity index (χ4v) is 2.49. The van der Waals surface area contributed by atoms with Crippen molar-refractivity contribution in [1.82, 2.24) is 14.9 Å². The van der Waals surface area contributed by atoms with Gasteiger partial charge in [0.25, 0.3) is 11.8 Å². The molecule has 2 heterocycles. The van der Waals surface area contributed by atoms with Gasteiger partial charge in [-0.15, -0.1) is 0 Å². The van der Waals surface area contributed by atoms with Gasteiger partial charge in [0, 0.05) is 31.7 Å². The summed E-state index contributed by atoms with van der Waals surface area (Å²) in [4.78, 5) is 34.6. The number of carbonyl (C=O) groups excluding carboxylic acids is 2. The van der Waals surface area contributed by atoms with E-state index < -0.39 is 6.10 Å². The highest BCUT2D eigenvalue weighted by Gasteiger charge is 2.30. The molecule has 0 spiro atoms. The predicted molar refractivity (Wildman–Crippen MR) is 92.3 cm³/mol. The second-order valence-electron chi connectivity index (χ2n) is 5.51. The van der Waals surface area contributed by atoms with E-state index in [9.17, 15) is 9.59 Å². The number of nitrogens with zero attached hydrogens (tertiary/aromatic N) is 3. The molecule has 1 atom stereocenters. The average Bonchev–Trinajstić information content (AvgIpc) is 2.68. The summed E-state index contributed by atoms with van der Waals surface area (Å²) in [7, 11) is 1.70. The first-order valence-corrected chi connectivity index (χ1v) is 7.94. The molecule has 3 rings (SSSR count). The average molecular weight is 341 g/mol. The van der Waals surface area contributed by atoms with Crippen molar-refractivity contribution >= 4 is 23.5 Å². The van der Waals surface area contributed by atoms with E-state index in [0.29, 0.717) is 30.4 Å². The van der Waals surface area contributed by atoms with Crippen molar-refractivity contribution in [3.63, 3.8) is 0 Å². The van der Waals surface area contributed by atoms with E-state index in [0.717, 1.165) is 0 Å². The molecule has 0 radical (unpaired) electrons. The summed E-state index contributed by atoms with van der Waals surface area (Å²) < 4.78 is 5.52. The highest BCUT2D eigenvalue weighted by molar-refractivity contribution is 5.96. The van der Waals surface area contributed by atoms with Gasteiger partial charge in [-0.2, -0.15) is 0 Å². The van der Waals surface area contributed by atoms with Gasteiger partial charge in [-0.3, -0.25) is 9.59 Å². The highest BCUT2D eigenvalue weighted by atomic mass is 16.5. The summed E-state index contributed by atoms with van der Waals surface area (Å²) in [6, 6.07) is 9.13. The smallest absolute Gasteiger partial charge is 0.257 e. The molecule has 8 heteroatoms. The Bertz CT molecular complexity index is 736. The van der Waals surface area contributed by atoms with Gasteiger partial charge in [0.1, 0.15) is 0 Å². The summed E-state index contributed by atoms with van der Waals surface area (Å²) in [6.45, 7) is 0.904. The number of benzene rings is 1. The topological polar surface area (TPSA) is 96.5 Å².